The van der Waals surface area contributed by atoms with E-state index >= 15 is 0 Å². The van der Waals surface area contributed by atoms with E-state index < -0.39 is 0 Å². The van der Waals surface area contributed by atoms with Crippen LogP contribution in [0.1, 0.15) is 20.9 Å². The van der Waals surface area contributed by atoms with Crippen LogP contribution in [0.25, 0.3) is 11.3 Å². The SMILES string of the molecule is Cc1ncsc1C(=O)NCc1cccnc1-c1cccnc1. The maximum absolute atomic E-state index is 12.2. The molecular weight excluding hydrogens is 296 g/mol. The molecule has 3 heterocycles. The van der Waals surface area contributed by atoms with Gasteiger partial charge in [-0.25, -0.2) is 4.98 Å². The standard InChI is InChI=1S/C16H14N4OS/c1-11-15(22-10-20-11)16(21)19-9-13-5-3-7-18-14(13)12-4-2-6-17-8-12/h2-8,10H,9H2,1H3,(H,19,21). The fourth-order valence-electron chi connectivity index (χ4n) is 2.12. The van der Waals surface area contributed by atoms with Crippen LogP contribution in [0.15, 0.2) is 48.4 Å². The molecule has 3 aromatic rings. The molecule has 0 radical (unpaired) electrons. The molecular formula is C16H14N4OS. The lowest BCUT2D eigenvalue weighted by Gasteiger charge is -2.09. The van der Waals surface area contributed by atoms with Crippen molar-refractivity contribution in [2.24, 2.45) is 0 Å². The van der Waals surface area contributed by atoms with E-state index in [-0.39, 0.29) is 5.91 Å². The first-order valence-electron chi connectivity index (χ1n) is 6.78. The number of rotatable bonds is 4. The minimum Gasteiger partial charge on any atom is -0.347 e. The summed E-state index contributed by atoms with van der Waals surface area (Å²) in [5, 5.41) is 2.92. The Hall–Kier alpha value is -2.60. The molecule has 3 aromatic heterocycles. The maximum atomic E-state index is 12.2. The van der Waals surface area contributed by atoms with Crippen molar-refractivity contribution < 1.29 is 4.79 Å². The van der Waals surface area contributed by atoms with E-state index in [1.54, 1.807) is 24.1 Å². The zero-order valence-electron chi connectivity index (χ0n) is 12.0. The summed E-state index contributed by atoms with van der Waals surface area (Å²) in [4.78, 5) is 25.4. The van der Waals surface area contributed by atoms with E-state index in [9.17, 15) is 4.79 Å². The lowest BCUT2D eigenvalue weighted by Crippen LogP contribution is -2.23. The molecule has 1 N–H and O–H groups in total. The van der Waals surface area contributed by atoms with Gasteiger partial charge in [0.25, 0.3) is 5.91 Å². The highest BCUT2D eigenvalue weighted by molar-refractivity contribution is 7.11. The van der Waals surface area contributed by atoms with Crippen LogP contribution in [0.4, 0.5) is 0 Å². The highest BCUT2D eigenvalue weighted by Crippen LogP contribution is 2.20. The minimum atomic E-state index is -0.110. The summed E-state index contributed by atoms with van der Waals surface area (Å²) >= 11 is 1.34. The normalized spacial score (nSPS) is 10.4. The van der Waals surface area contributed by atoms with Gasteiger partial charge in [-0.1, -0.05) is 6.07 Å². The first-order valence-corrected chi connectivity index (χ1v) is 7.66. The molecule has 0 aliphatic carbocycles. The molecule has 0 unspecified atom stereocenters. The fourth-order valence-corrected chi connectivity index (χ4v) is 2.84. The summed E-state index contributed by atoms with van der Waals surface area (Å²) in [6.45, 7) is 2.24. The highest BCUT2D eigenvalue weighted by Gasteiger charge is 2.13. The van der Waals surface area contributed by atoms with Crippen LogP contribution in [0.3, 0.4) is 0 Å². The molecule has 5 nitrogen and oxygen atoms in total. The number of carbonyl (C=O) groups excluding carboxylic acids is 1. The summed E-state index contributed by atoms with van der Waals surface area (Å²) < 4.78 is 0. The predicted molar refractivity (Wildman–Crippen MR) is 85.5 cm³/mol. The van der Waals surface area contributed by atoms with Gasteiger partial charge < -0.3 is 5.32 Å². The van der Waals surface area contributed by atoms with Crippen molar-refractivity contribution >= 4 is 17.2 Å². The largest absolute Gasteiger partial charge is 0.347 e. The number of nitrogens with one attached hydrogen (secondary N) is 1. The first kappa shape index (κ1) is 14.3. The van der Waals surface area contributed by atoms with Crippen LogP contribution in [-0.4, -0.2) is 20.9 Å². The molecule has 110 valence electrons. The summed E-state index contributed by atoms with van der Waals surface area (Å²) in [6.07, 6.45) is 5.22. The number of pyridine rings is 2. The van der Waals surface area contributed by atoms with Crippen LogP contribution >= 0.6 is 11.3 Å². The number of carbonyl (C=O) groups is 1. The Labute approximate surface area is 132 Å². The average molecular weight is 310 g/mol. The van der Waals surface area contributed by atoms with E-state index in [0.717, 1.165) is 22.5 Å². The quantitative estimate of drug-likeness (QED) is 0.804. The van der Waals surface area contributed by atoms with Gasteiger partial charge in [0.1, 0.15) is 4.88 Å². The van der Waals surface area contributed by atoms with Gasteiger partial charge in [-0.2, -0.15) is 0 Å². The molecule has 6 heteroatoms. The van der Waals surface area contributed by atoms with Gasteiger partial charge in [-0.05, 0) is 30.7 Å². The van der Waals surface area contributed by atoms with E-state index in [2.05, 4.69) is 20.3 Å². The van der Waals surface area contributed by atoms with Gasteiger partial charge in [0, 0.05) is 30.7 Å². The molecule has 3 rings (SSSR count). The van der Waals surface area contributed by atoms with E-state index in [4.69, 9.17) is 0 Å². The van der Waals surface area contributed by atoms with Crippen LogP contribution in [0.5, 0.6) is 0 Å². The van der Waals surface area contributed by atoms with Gasteiger partial charge in [0.15, 0.2) is 0 Å². The Morgan fingerprint density at radius 2 is 2.09 bits per heavy atom. The summed E-state index contributed by atoms with van der Waals surface area (Å²) in [5.41, 5.74) is 5.14. The average Bonchev–Trinajstić information content (AvgIpc) is 3.00. The number of hydrogen-bond acceptors (Lipinski definition) is 5. The van der Waals surface area contributed by atoms with Crippen LogP contribution in [-0.2, 0) is 6.54 Å². The van der Waals surface area contributed by atoms with E-state index in [1.807, 2.05) is 31.2 Å². The van der Waals surface area contributed by atoms with E-state index in [1.165, 1.54) is 11.3 Å². The number of nitrogens with zero attached hydrogens (tertiary/aromatic N) is 3. The molecule has 0 aliphatic rings. The molecule has 0 aliphatic heterocycles. The van der Waals surface area contributed by atoms with Crippen LogP contribution in [0.2, 0.25) is 0 Å². The van der Waals surface area contributed by atoms with Crippen molar-refractivity contribution in [2.45, 2.75) is 13.5 Å². The van der Waals surface area contributed by atoms with Gasteiger partial charge in [0.2, 0.25) is 0 Å². The van der Waals surface area contributed by atoms with Gasteiger partial charge in [0.05, 0.1) is 16.9 Å². The van der Waals surface area contributed by atoms with Gasteiger partial charge in [-0.3, -0.25) is 14.8 Å². The molecule has 0 spiro atoms. The number of amides is 1. The van der Waals surface area contributed by atoms with Crippen molar-refractivity contribution in [3.63, 3.8) is 0 Å². The Morgan fingerprint density at radius 1 is 1.23 bits per heavy atom. The molecule has 0 bridgehead atoms. The summed E-state index contributed by atoms with van der Waals surface area (Å²) in [5.74, 6) is -0.110. The molecule has 0 aromatic carbocycles. The van der Waals surface area contributed by atoms with Crippen molar-refractivity contribution in [2.75, 3.05) is 0 Å². The zero-order valence-corrected chi connectivity index (χ0v) is 12.8. The second-order valence-corrected chi connectivity index (χ2v) is 5.56. The predicted octanol–water partition coefficient (Wildman–Crippen LogP) is 2.84. The first-order chi connectivity index (χ1) is 10.8. The third-order valence-electron chi connectivity index (χ3n) is 3.22. The van der Waals surface area contributed by atoms with Gasteiger partial charge in [-0.15, -0.1) is 11.3 Å². The number of thiazole rings is 1. The lowest BCUT2D eigenvalue weighted by atomic mass is 10.1. The molecule has 0 saturated heterocycles. The fraction of sp³-hybridized carbons (Fsp3) is 0.125. The monoisotopic (exact) mass is 310 g/mol. The molecule has 0 saturated carbocycles. The van der Waals surface area contributed by atoms with Gasteiger partial charge >= 0.3 is 0 Å². The smallest absolute Gasteiger partial charge is 0.263 e. The van der Waals surface area contributed by atoms with Crippen molar-refractivity contribution in [3.05, 3.63) is 64.5 Å². The Bertz CT molecular complexity index is 786. The number of hydrogen-bond donors (Lipinski definition) is 1. The Kier molecular flexibility index (Phi) is 4.20. The molecule has 1 amide bonds. The number of aryl methyl sites for hydroxylation is 1. The third-order valence-corrected chi connectivity index (χ3v) is 4.14. The molecule has 0 fully saturated rings. The topological polar surface area (TPSA) is 67.8 Å². The second kappa shape index (κ2) is 6.44. The summed E-state index contributed by atoms with van der Waals surface area (Å²) in [7, 11) is 0. The molecule has 0 atom stereocenters. The highest BCUT2D eigenvalue weighted by atomic mass is 32.1. The van der Waals surface area contributed by atoms with Crippen molar-refractivity contribution in [3.8, 4) is 11.3 Å². The summed E-state index contributed by atoms with van der Waals surface area (Å²) in [6, 6.07) is 7.63. The zero-order chi connectivity index (χ0) is 15.4. The maximum Gasteiger partial charge on any atom is 0.263 e. The Morgan fingerprint density at radius 3 is 2.82 bits per heavy atom. The lowest BCUT2D eigenvalue weighted by molar-refractivity contribution is 0.0954. The molecule has 22 heavy (non-hydrogen) atoms. The van der Waals surface area contributed by atoms with Crippen LogP contribution < -0.4 is 5.32 Å². The minimum absolute atomic E-state index is 0.110. The van der Waals surface area contributed by atoms with E-state index in [0.29, 0.717) is 11.4 Å². The number of aromatic nitrogens is 3. The van der Waals surface area contributed by atoms with Crippen molar-refractivity contribution in [1.29, 1.82) is 0 Å². The van der Waals surface area contributed by atoms with Crippen LogP contribution in [0, 0.1) is 6.92 Å². The Balaban J connectivity index is 1.79. The second-order valence-electron chi connectivity index (χ2n) is 4.70. The third kappa shape index (κ3) is 3.01. The van der Waals surface area contributed by atoms with Crippen molar-refractivity contribution in [1.82, 2.24) is 20.3 Å².